The average molecular weight is 113 g/mol. The topological polar surface area (TPSA) is 29.5 Å². The minimum atomic E-state index is -0.260. The van der Waals surface area contributed by atoms with Crippen LogP contribution in [0.1, 0.15) is 0 Å². The number of ether oxygens (including phenoxy) is 1. The Kier molecular flexibility index (Phi) is 1.37. The van der Waals surface area contributed by atoms with Crippen molar-refractivity contribution in [2.24, 2.45) is 0 Å². The second kappa shape index (κ2) is 2.03. The molecule has 1 rings (SSSR count). The monoisotopic (exact) mass is 113 g/mol. The van der Waals surface area contributed by atoms with Crippen LogP contribution in [-0.4, -0.2) is 31.2 Å². The third-order valence-corrected chi connectivity index (χ3v) is 1.04. The third kappa shape index (κ3) is 0.757. The first-order valence-electron chi connectivity index (χ1n) is 2.38. The van der Waals surface area contributed by atoms with Gasteiger partial charge < -0.3 is 9.64 Å². The Labute approximate surface area is 48.2 Å². The van der Waals surface area contributed by atoms with Gasteiger partial charge in [-0.3, -0.25) is 0 Å². The molecule has 1 amide bonds. The maximum absolute atomic E-state index is 10.5. The summed E-state index contributed by atoms with van der Waals surface area (Å²) in [4.78, 5) is 12.0. The molecule has 1 aliphatic heterocycles. The predicted octanol–water partition coefficient (Wildman–Crippen LogP) is 0.150. The summed E-state index contributed by atoms with van der Waals surface area (Å²) in [6, 6.07) is 0. The van der Waals surface area contributed by atoms with Crippen LogP contribution in [0.4, 0.5) is 4.79 Å². The van der Waals surface area contributed by atoms with Crippen molar-refractivity contribution in [3.05, 3.63) is 6.42 Å². The zero-order valence-electron chi connectivity index (χ0n) is 4.68. The molecule has 0 spiro atoms. The molecular weight excluding hydrogens is 106 g/mol. The highest BCUT2D eigenvalue weighted by Crippen LogP contribution is 2.04. The van der Waals surface area contributed by atoms with E-state index in [0.717, 1.165) is 0 Å². The number of carbonyl (C=O) groups excluding carboxylic acids is 1. The Morgan fingerprint density at radius 2 is 2.38 bits per heavy atom. The van der Waals surface area contributed by atoms with Gasteiger partial charge in [0.15, 0.2) is 0 Å². The summed E-state index contributed by atoms with van der Waals surface area (Å²) in [5.74, 6) is 0. The number of methoxy groups -OCH3 is 1. The van der Waals surface area contributed by atoms with E-state index in [4.69, 9.17) is 0 Å². The smallest absolute Gasteiger partial charge is 0.409 e. The van der Waals surface area contributed by atoms with E-state index in [2.05, 4.69) is 11.2 Å². The lowest BCUT2D eigenvalue weighted by Gasteiger charge is -2.27. The summed E-state index contributed by atoms with van der Waals surface area (Å²) in [7, 11) is 1.38. The lowest BCUT2D eigenvalue weighted by molar-refractivity contribution is 0.115. The quantitative estimate of drug-likeness (QED) is 0.447. The average Bonchev–Trinajstić information content (AvgIpc) is 1.62. The van der Waals surface area contributed by atoms with Crippen molar-refractivity contribution in [2.45, 2.75) is 0 Å². The highest BCUT2D eigenvalue weighted by Gasteiger charge is 2.20. The van der Waals surface area contributed by atoms with E-state index < -0.39 is 0 Å². The summed E-state index contributed by atoms with van der Waals surface area (Å²) >= 11 is 0. The van der Waals surface area contributed by atoms with Crippen LogP contribution in [0.2, 0.25) is 0 Å². The zero-order valence-corrected chi connectivity index (χ0v) is 4.68. The normalized spacial score (nSPS) is 17.4. The van der Waals surface area contributed by atoms with Gasteiger partial charge in [-0.05, 0) is 0 Å². The van der Waals surface area contributed by atoms with Gasteiger partial charge in [0.25, 0.3) is 0 Å². The summed E-state index contributed by atoms with van der Waals surface area (Å²) in [5, 5.41) is 0. The molecule has 0 saturated carbocycles. The number of amides is 1. The van der Waals surface area contributed by atoms with Crippen LogP contribution in [-0.2, 0) is 4.74 Å². The molecule has 0 aromatic heterocycles. The van der Waals surface area contributed by atoms with Crippen LogP contribution in [0.25, 0.3) is 0 Å². The van der Waals surface area contributed by atoms with Crippen LogP contribution in [0.15, 0.2) is 0 Å². The maximum atomic E-state index is 10.5. The molecule has 1 saturated heterocycles. The molecule has 2 radical (unpaired) electrons. The third-order valence-electron chi connectivity index (χ3n) is 1.04. The first-order chi connectivity index (χ1) is 3.84. The molecule has 0 atom stereocenters. The molecule has 0 aliphatic carbocycles. The first kappa shape index (κ1) is 5.41. The molecule has 0 bridgehead atoms. The molecule has 1 fully saturated rings. The van der Waals surface area contributed by atoms with E-state index in [9.17, 15) is 4.79 Å². The van der Waals surface area contributed by atoms with Crippen molar-refractivity contribution in [2.75, 3.05) is 20.2 Å². The fraction of sp³-hybridized carbons (Fsp3) is 0.600. The van der Waals surface area contributed by atoms with Crippen LogP contribution in [0.3, 0.4) is 0 Å². The summed E-state index contributed by atoms with van der Waals surface area (Å²) in [5.41, 5.74) is 0. The highest BCUT2D eigenvalue weighted by molar-refractivity contribution is 5.68. The molecule has 0 aromatic rings. The number of nitrogens with zero attached hydrogens (tertiary/aromatic N) is 1. The molecule has 1 aliphatic rings. The number of rotatable bonds is 0. The molecule has 0 N–H and O–H groups in total. The molecular formula is C5H7NO2. The number of carbonyl (C=O) groups is 1. The summed E-state index contributed by atoms with van der Waals surface area (Å²) < 4.78 is 4.40. The van der Waals surface area contributed by atoms with E-state index in [-0.39, 0.29) is 6.09 Å². The highest BCUT2D eigenvalue weighted by atomic mass is 16.5. The Morgan fingerprint density at radius 3 is 2.50 bits per heavy atom. The van der Waals surface area contributed by atoms with Gasteiger partial charge in [0.05, 0.1) is 7.11 Å². The van der Waals surface area contributed by atoms with E-state index in [1.54, 1.807) is 4.90 Å². The van der Waals surface area contributed by atoms with E-state index in [1.165, 1.54) is 7.11 Å². The van der Waals surface area contributed by atoms with E-state index in [1.807, 2.05) is 0 Å². The molecule has 8 heavy (non-hydrogen) atoms. The zero-order chi connectivity index (χ0) is 5.98. The minimum Gasteiger partial charge on any atom is -0.453 e. The molecule has 1 heterocycles. The minimum absolute atomic E-state index is 0.260. The molecule has 0 aromatic carbocycles. The fourth-order valence-electron chi connectivity index (χ4n) is 0.482. The lowest BCUT2D eigenvalue weighted by atomic mass is 10.2. The second-order valence-corrected chi connectivity index (χ2v) is 1.58. The van der Waals surface area contributed by atoms with Crippen LogP contribution >= 0.6 is 0 Å². The fourth-order valence-corrected chi connectivity index (χ4v) is 0.482. The second-order valence-electron chi connectivity index (χ2n) is 1.58. The van der Waals surface area contributed by atoms with Crippen LogP contribution in [0.5, 0.6) is 0 Å². The van der Waals surface area contributed by atoms with Crippen molar-refractivity contribution in [1.29, 1.82) is 0 Å². The van der Waals surface area contributed by atoms with E-state index in [0.29, 0.717) is 13.1 Å². The number of hydrogen-bond acceptors (Lipinski definition) is 2. The van der Waals surface area contributed by atoms with Gasteiger partial charge in [-0.15, -0.1) is 0 Å². The van der Waals surface area contributed by atoms with Gasteiger partial charge in [-0.25, -0.2) is 4.79 Å². The van der Waals surface area contributed by atoms with Gasteiger partial charge in [0, 0.05) is 19.5 Å². The molecule has 0 unspecified atom stereocenters. The predicted molar refractivity (Wildman–Crippen MR) is 27.2 cm³/mol. The van der Waals surface area contributed by atoms with Crippen molar-refractivity contribution >= 4 is 6.09 Å². The van der Waals surface area contributed by atoms with Gasteiger partial charge in [0.1, 0.15) is 0 Å². The van der Waals surface area contributed by atoms with Crippen LogP contribution < -0.4 is 0 Å². The number of likely N-dealkylation sites (tertiary alicyclic amines) is 1. The standard InChI is InChI=1S/C5H7NO2/c1-8-5(7)6-3-2-4-6/h3-4H2,1H3. The Bertz CT molecular complexity index is 98.6. The van der Waals surface area contributed by atoms with E-state index >= 15 is 0 Å². The largest absolute Gasteiger partial charge is 0.453 e. The Morgan fingerprint density at radius 1 is 1.75 bits per heavy atom. The van der Waals surface area contributed by atoms with Crippen molar-refractivity contribution in [3.8, 4) is 0 Å². The molecule has 3 heteroatoms. The van der Waals surface area contributed by atoms with Crippen LogP contribution in [0, 0.1) is 6.42 Å². The van der Waals surface area contributed by atoms with Gasteiger partial charge in [0.2, 0.25) is 0 Å². The summed E-state index contributed by atoms with van der Waals surface area (Å²) in [6.07, 6.45) is 2.64. The SMILES string of the molecule is COC(=O)N1C[C]C1. The van der Waals surface area contributed by atoms with Gasteiger partial charge in [-0.2, -0.15) is 0 Å². The van der Waals surface area contributed by atoms with Gasteiger partial charge in [-0.1, -0.05) is 0 Å². The Hall–Kier alpha value is -0.730. The van der Waals surface area contributed by atoms with Gasteiger partial charge >= 0.3 is 6.09 Å². The molecule has 3 nitrogen and oxygen atoms in total. The van der Waals surface area contributed by atoms with Crippen molar-refractivity contribution in [1.82, 2.24) is 4.90 Å². The van der Waals surface area contributed by atoms with Crippen molar-refractivity contribution in [3.63, 3.8) is 0 Å². The molecule has 44 valence electrons. The Balaban J connectivity index is 2.24. The van der Waals surface area contributed by atoms with Crippen molar-refractivity contribution < 1.29 is 9.53 Å². The first-order valence-corrected chi connectivity index (χ1v) is 2.38. The number of hydrogen-bond donors (Lipinski definition) is 0. The lowest BCUT2D eigenvalue weighted by Crippen LogP contribution is -2.42. The summed E-state index contributed by atoms with van der Waals surface area (Å²) in [6.45, 7) is 1.24. The maximum Gasteiger partial charge on any atom is 0.409 e.